The van der Waals surface area contributed by atoms with E-state index in [1.165, 1.54) is 6.42 Å². The Bertz CT molecular complexity index is 897. The Morgan fingerprint density at radius 1 is 0.892 bits per heavy atom. The molecule has 0 atom stereocenters. The van der Waals surface area contributed by atoms with Crippen molar-refractivity contribution in [3.8, 4) is 11.5 Å². The number of anilines is 2. The van der Waals surface area contributed by atoms with Crippen molar-refractivity contribution in [1.29, 1.82) is 0 Å². The van der Waals surface area contributed by atoms with E-state index in [2.05, 4.69) is 20.9 Å². The van der Waals surface area contributed by atoms with Crippen LogP contribution in [0, 0.1) is 5.92 Å². The molecule has 206 valence electrons. The van der Waals surface area contributed by atoms with Gasteiger partial charge in [0.2, 0.25) is 17.7 Å². The zero-order chi connectivity index (χ0) is 26.5. The highest BCUT2D eigenvalue weighted by molar-refractivity contribution is 5.98. The van der Waals surface area contributed by atoms with Gasteiger partial charge < -0.3 is 30.2 Å². The molecule has 0 spiro atoms. The first kappa shape index (κ1) is 28.7. The zero-order valence-corrected chi connectivity index (χ0v) is 22.2. The molecule has 0 unspecified atom stereocenters. The number of hydrogen-bond acceptors (Lipinski definition) is 7. The molecular weight excluding hydrogens is 476 g/mol. The van der Waals surface area contributed by atoms with Crippen molar-refractivity contribution >= 4 is 29.1 Å². The van der Waals surface area contributed by atoms with Gasteiger partial charge in [0.25, 0.3) is 0 Å². The van der Waals surface area contributed by atoms with Gasteiger partial charge in [-0.3, -0.25) is 19.3 Å². The fourth-order valence-corrected chi connectivity index (χ4v) is 4.61. The molecule has 1 aromatic carbocycles. The van der Waals surface area contributed by atoms with Crippen LogP contribution in [0.4, 0.5) is 11.4 Å². The summed E-state index contributed by atoms with van der Waals surface area (Å²) in [5, 5.41) is 8.72. The third-order valence-electron chi connectivity index (χ3n) is 6.62. The molecule has 10 nitrogen and oxygen atoms in total. The van der Waals surface area contributed by atoms with E-state index in [0.717, 1.165) is 58.5 Å². The summed E-state index contributed by atoms with van der Waals surface area (Å²) in [6.07, 6.45) is 5.22. The molecular formula is C27H42N4O6. The first-order valence-corrected chi connectivity index (χ1v) is 13.6. The summed E-state index contributed by atoms with van der Waals surface area (Å²) in [5.41, 5.74) is 0.970. The molecule has 1 heterocycles. The summed E-state index contributed by atoms with van der Waals surface area (Å²) in [6, 6.07) is 3.37. The lowest BCUT2D eigenvalue weighted by molar-refractivity contribution is -0.124. The van der Waals surface area contributed by atoms with Crippen LogP contribution in [0.25, 0.3) is 0 Å². The second kappa shape index (κ2) is 15.4. The normalized spacial score (nSPS) is 16.6. The van der Waals surface area contributed by atoms with Crippen LogP contribution >= 0.6 is 0 Å². The van der Waals surface area contributed by atoms with Crippen LogP contribution in [0.5, 0.6) is 11.5 Å². The van der Waals surface area contributed by atoms with E-state index in [1.807, 2.05) is 13.8 Å². The van der Waals surface area contributed by atoms with Crippen LogP contribution in [-0.4, -0.2) is 75.2 Å². The Kier molecular flexibility index (Phi) is 12.0. The smallest absolute Gasteiger partial charge is 0.227 e. The van der Waals surface area contributed by atoms with Gasteiger partial charge in [0, 0.05) is 57.1 Å². The second-order valence-electron chi connectivity index (χ2n) is 9.39. The number of morpholine rings is 1. The minimum atomic E-state index is -0.300. The zero-order valence-electron chi connectivity index (χ0n) is 22.2. The number of benzene rings is 1. The van der Waals surface area contributed by atoms with Crippen molar-refractivity contribution in [2.75, 3.05) is 63.2 Å². The number of nitrogens with one attached hydrogen (secondary N) is 3. The number of carbonyl (C=O) groups is 3. The Balaban J connectivity index is 1.56. The lowest BCUT2D eigenvalue weighted by Gasteiger charge is -2.26. The summed E-state index contributed by atoms with van der Waals surface area (Å²) in [7, 11) is 0. The lowest BCUT2D eigenvalue weighted by Crippen LogP contribution is -2.41. The summed E-state index contributed by atoms with van der Waals surface area (Å²) in [6.45, 7) is 8.98. The molecule has 3 rings (SSSR count). The van der Waals surface area contributed by atoms with E-state index in [0.29, 0.717) is 42.6 Å². The number of hydrogen-bond donors (Lipinski definition) is 3. The average molecular weight is 519 g/mol. The number of nitrogens with zero attached hydrogens (tertiary/aromatic N) is 1. The van der Waals surface area contributed by atoms with Crippen molar-refractivity contribution < 1.29 is 28.6 Å². The van der Waals surface area contributed by atoms with E-state index in [4.69, 9.17) is 14.2 Å². The van der Waals surface area contributed by atoms with Crippen LogP contribution in [-0.2, 0) is 19.1 Å². The first-order valence-electron chi connectivity index (χ1n) is 13.6. The minimum Gasteiger partial charge on any atom is -0.492 e. The summed E-state index contributed by atoms with van der Waals surface area (Å²) in [5.74, 6) is 0.423. The van der Waals surface area contributed by atoms with Crippen molar-refractivity contribution in [2.45, 2.75) is 58.8 Å². The van der Waals surface area contributed by atoms with Gasteiger partial charge in [-0.15, -0.1) is 0 Å². The molecule has 10 heteroatoms. The molecule has 3 amide bonds. The number of ether oxygens (including phenoxy) is 3. The minimum absolute atomic E-state index is 0.00170. The van der Waals surface area contributed by atoms with Crippen LogP contribution < -0.4 is 25.4 Å². The molecule has 2 aliphatic rings. The molecule has 1 aromatic rings. The fraction of sp³-hybridized carbons (Fsp3) is 0.667. The van der Waals surface area contributed by atoms with Gasteiger partial charge in [-0.1, -0.05) is 19.3 Å². The van der Waals surface area contributed by atoms with Gasteiger partial charge in [-0.2, -0.15) is 0 Å². The first-order chi connectivity index (χ1) is 18.0. The molecule has 3 N–H and O–H groups in total. The Morgan fingerprint density at radius 3 is 2.11 bits per heavy atom. The van der Waals surface area contributed by atoms with Gasteiger partial charge in [0.1, 0.15) is 11.5 Å². The molecule has 37 heavy (non-hydrogen) atoms. The molecule has 0 radical (unpaired) electrons. The monoisotopic (exact) mass is 518 g/mol. The van der Waals surface area contributed by atoms with Crippen LogP contribution in [0.1, 0.15) is 58.8 Å². The van der Waals surface area contributed by atoms with Gasteiger partial charge in [-0.25, -0.2) is 0 Å². The quantitative estimate of drug-likeness (QED) is 0.367. The molecule has 2 fully saturated rings. The van der Waals surface area contributed by atoms with E-state index in [1.54, 1.807) is 12.1 Å². The van der Waals surface area contributed by atoms with Crippen LogP contribution in [0.3, 0.4) is 0 Å². The van der Waals surface area contributed by atoms with E-state index < -0.39 is 0 Å². The maximum atomic E-state index is 12.8. The topological polar surface area (TPSA) is 118 Å². The van der Waals surface area contributed by atoms with Gasteiger partial charge in [0.15, 0.2) is 0 Å². The van der Waals surface area contributed by atoms with Crippen molar-refractivity contribution in [1.82, 2.24) is 10.2 Å². The van der Waals surface area contributed by atoms with Crippen molar-refractivity contribution in [3.63, 3.8) is 0 Å². The third-order valence-corrected chi connectivity index (χ3v) is 6.62. The maximum Gasteiger partial charge on any atom is 0.227 e. The maximum absolute atomic E-state index is 12.8. The SMILES string of the molecule is CCOc1cc(NC(=O)C2CCCCC2)c(OCC)cc1NC(=O)CCC(=O)NCCN1CCOCC1. The summed E-state index contributed by atoms with van der Waals surface area (Å²) >= 11 is 0. The van der Waals surface area contributed by atoms with E-state index >= 15 is 0 Å². The van der Waals surface area contributed by atoms with E-state index in [9.17, 15) is 14.4 Å². The fourth-order valence-electron chi connectivity index (χ4n) is 4.61. The van der Waals surface area contributed by atoms with Gasteiger partial charge in [-0.05, 0) is 26.7 Å². The van der Waals surface area contributed by atoms with Crippen LogP contribution in [0.15, 0.2) is 12.1 Å². The summed E-state index contributed by atoms with van der Waals surface area (Å²) < 4.78 is 16.9. The highest BCUT2D eigenvalue weighted by atomic mass is 16.5. The molecule has 1 aliphatic heterocycles. The highest BCUT2D eigenvalue weighted by Gasteiger charge is 2.23. The second-order valence-corrected chi connectivity index (χ2v) is 9.39. The number of rotatable bonds is 13. The Morgan fingerprint density at radius 2 is 1.49 bits per heavy atom. The molecule has 1 saturated heterocycles. The molecule has 0 bridgehead atoms. The van der Waals surface area contributed by atoms with E-state index in [-0.39, 0.29) is 36.5 Å². The van der Waals surface area contributed by atoms with Gasteiger partial charge >= 0.3 is 0 Å². The lowest BCUT2D eigenvalue weighted by atomic mass is 9.88. The third kappa shape index (κ3) is 9.51. The highest BCUT2D eigenvalue weighted by Crippen LogP contribution is 2.38. The number of carbonyl (C=O) groups excluding carboxylic acids is 3. The number of amides is 3. The average Bonchev–Trinajstić information content (AvgIpc) is 2.91. The predicted molar refractivity (Wildman–Crippen MR) is 142 cm³/mol. The predicted octanol–water partition coefficient (Wildman–Crippen LogP) is 3.17. The Labute approximate surface area is 219 Å². The largest absolute Gasteiger partial charge is 0.492 e. The van der Waals surface area contributed by atoms with Crippen molar-refractivity contribution in [2.24, 2.45) is 5.92 Å². The molecule has 1 aliphatic carbocycles. The Hall–Kier alpha value is -2.85. The summed E-state index contributed by atoms with van der Waals surface area (Å²) in [4.78, 5) is 39.9. The van der Waals surface area contributed by atoms with Gasteiger partial charge in [0.05, 0.1) is 37.8 Å². The molecule has 1 saturated carbocycles. The molecule has 0 aromatic heterocycles. The van der Waals surface area contributed by atoms with Crippen LogP contribution in [0.2, 0.25) is 0 Å². The van der Waals surface area contributed by atoms with Crippen molar-refractivity contribution in [3.05, 3.63) is 12.1 Å². The standard InChI is InChI=1S/C27H42N4O6/c1-3-36-23-19-22(30-27(34)20-8-6-5-7-9-20)24(37-4-2)18-21(23)29-26(33)11-10-25(32)28-12-13-31-14-16-35-17-15-31/h18-20H,3-17H2,1-2H3,(H,28,32)(H,29,33)(H,30,34).